The first kappa shape index (κ1) is 20.7. The van der Waals surface area contributed by atoms with Crippen LogP contribution in [-0.2, 0) is 6.54 Å². The van der Waals surface area contributed by atoms with E-state index in [2.05, 4.69) is 20.7 Å². The molecular formula is C21H20F3N5O2. The van der Waals surface area contributed by atoms with E-state index in [-0.39, 0.29) is 24.3 Å². The largest absolute Gasteiger partial charge is 0.496 e. The van der Waals surface area contributed by atoms with Crippen molar-refractivity contribution in [3.05, 3.63) is 71.7 Å². The zero-order valence-electron chi connectivity index (χ0n) is 16.6. The number of alkyl halides is 3. The minimum Gasteiger partial charge on any atom is -0.496 e. The van der Waals surface area contributed by atoms with Gasteiger partial charge in [-0.3, -0.25) is 9.78 Å². The molecule has 0 aliphatic carbocycles. The van der Waals surface area contributed by atoms with E-state index in [1.165, 1.54) is 7.11 Å². The molecule has 0 saturated heterocycles. The van der Waals surface area contributed by atoms with Crippen LogP contribution in [0.1, 0.15) is 40.1 Å². The average molecular weight is 431 g/mol. The predicted molar refractivity (Wildman–Crippen MR) is 107 cm³/mol. The van der Waals surface area contributed by atoms with Crippen LogP contribution in [0.25, 0.3) is 0 Å². The molecule has 162 valence electrons. The number of amides is 1. The maximum atomic E-state index is 13.8. The van der Waals surface area contributed by atoms with Crippen molar-refractivity contribution in [3.63, 3.8) is 0 Å². The van der Waals surface area contributed by atoms with Crippen molar-refractivity contribution in [2.45, 2.75) is 31.2 Å². The summed E-state index contributed by atoms with van der Waals surface area (Å²) in [7, 11) is 1.46. The molecule has 0 saturated carbocycles. The third-order valence-corrected chi connectivity index (χ3v) is 5.15. The summed E-state index contributed by atoms with van der Waals surface area (Å²) in [5, 5.41) is 9.62. The Labute approximate surface area is 176 Å². The van der Waals surface area contributed by atoms with Gasteiger partial charge in [-0.25, -0.2) is 4.68 Å². The Balaban J connectivity index is 1.65. The molecule has 3 heterocycles. The number of pyridine rings is 1. The first-order valence-electron chi connectivity index (χ1n) is 9.60. The Hall–Kier alpha value is -3.56. The van der Waals surface area contributed by atoms with Crippen LogP contribution in [0.4, 0.5) is 19.0 Å². The Kier molecular flexibility index (Phi) is 5.53. The molecule has 10 heteroatoms. The molecule has 4 rings (SSSR count). The third-order valence-electron chi connectivity index (χ3n) is 5.15. The quantitative estimate of drug-likeness (QED) is 0.641. The minimum atomic E-state index is -4.54. The highest BCUT2D eigenvalue weighted by Gasteiger charge is 2.47. The first-order chi connectivity index (χ1) is 14.9. The van der Waals surface area contributed by atoms with Crippen molar-refractivity contribution in [1.82, 2.24) is 20.1 Å². The second-order valence-electron chi connectivity index (χ2n) is 7.09. The number of fused-ring (bicyclic) bond motifs is 1. The van der Waals surface area contributed by atoms with Crippen LogP contribution in [0, 0.1) is 0 Å². The van der Waals surface area contributed by atoms with E-state index in [0.29, 0.717) is 17.0 Å². The molecule has 1 aliphatic heterocycles. The molecule has 2 N–H and O–H groups in total. The fourth-order valence-corrected chi connectivity index (χ4v) is 3.66. The minimum absolute atomic E-state index is 0.0167. The Morgan fingerprint density at radius 3 is 2.74 bits per heavy atom. The van der Waals surface area contributed by atoms with Gasteiger partial charge in [-0.15, -0.1) is 0 Å². The number of ether oxygens (including phenoxy) is 1. The van der Waals surface area contributed by atoms with E-state index < -0.39 is 24.2 Å². The number of halogens is 3. The van der Waals surface area contributed by atoms with Gasteiger partial charge in [-0.2, -0.15) is 18.3 Å². The number of aromatic nitrogens is 3. The van der Waals surface area contributed by atoms with Crippen molar-refractivity contribution in [2.75, 3.05) is 12.4 Å². The highest BCUT2D eigenvalue weighted by Crippen LogP contribution is 2.45. The monoisotopic (exact) mass is 431 g/mol. The molecule has 2 aromatic heterocycles. The van der Waals surface area contributed by atoms with E-state index >= 15 is 0 Å². The van der Waals surface area contributed by atoms with E-state index in [1.807, 2.05) is 0 Å². The Bertz CT molecular complexity index is 1070. The summed E-state index contributed by atoms with van der Waals surface area (Å²) >= 11 is 0. The number of methoxy groups -OCH3 is 1. The third kappa shape index (κ3) is 4.18. The number of carbonyl (C=O) groups is 1. The second-order valence-corrected chi connectivity index (χ2v) is 7.09. The summed E-state index contributed by atoms with van der Waals surface area (Å²) in [5.41, 5.74) is 1.24. The lowest BCUT2D eigenvalue weighted by Crippen LogP contribution is -2.36. The zero-order chi connectivity index (χ0) is 22.0. The van der Waals surface area contributed by atoms with E-state index in [4.69, 9.17) is 4.74 Å². The van der Waals surface area contributed by atoms with Gasteiger partial charge in [-0.05, 0) is 18.2 Å². The second kappa shape index (κ2) is 8.29. The van der Waals surface area contributed by atoms with Gasteiger partial charge in [-0.1, -0.05) is 24.3 Å². The van der Waals surface area contributed by atoms with Crippen molar-refractivity contribution in [2.24, 2.45) is 0 Å². The van der Waals surface area contributed by atoms with Gasteiger partial charge in [0, 0.05) is 18.2 Å². The molecule has 1 amide bonds. The number of anilines is 1. The summed E-state index contributed by atoms with van der Waals surface area (Å²) < 4.78 is 47.7. The van der Waals surface area contributed by atoms with Crippen LogP contribution in [0.15, 0.2) is 54.9 Å². The lowest BCUT2D eigenvalue weighted by molar-refractivity contribution is -0.173. The number of rotatable bonds is 5. The molecule has 1 aliphatic rings. The molecule has 7 nitrogen and oxygen atoms in total. The van der Waals surface area contributed by atoms with Gasteiger partial charge in [0.25, 0.3) is 5.91 Å². The van der Waals surface area contributed by atoms with Gasteiger partial charge in [0.15, 0.2) is 6.04 Å². The normalized spacial score (nSPS) is 18.1. The molecule has 0 radical (unpaired) electrons. The van der Waals surface area contributed by atoms with Crippen LogP contribution in [-0.4, -0.2) is 34.0 Å². The van der Waals surface area contributed by atoms with E-state index in [9.17, 15) is 18.0 Å². The fourth-order valence-electron chi connectivity index (χ4n) is 3.66. The van der Waals surface area contributed by atoms with Crippen LogP contribution in [0.3, 0.4) is 0 Å². The Morgan fingerprint density at radius 2 is 2.03 bits per heavy atom. The smallest absolute Gasteiger partial charge is 0.410 e. The summed E-state index contributed by atoms with van der Waals surface area (Å²) in [5.74, 6) is -0.0564. The average Bonchev–Trinajstić information content (AvgIpc) is 3.20. The number of benzene rings is 1. The fraction of sp³-hybridized carbons (Fsp3) is 0.286. The van der Waals surface area contributed by atoms with Crippen LogP contribution >= 0.6 is 0 Å². The number of carbonyl (C=O) groups excluding carboxylic acids is 1. The van der Waals surface area contributed by atoms with Gasteiger partial charge < -0.3 is 15.4 Å². The van der Waals surface area contributed by atoms with E-state index in [1.54, 1.807) is 48.7 Å². The maximum absolute atomic E-state index is 13.8. The number of hydrogen-bond donors (Lipinski definition) is 2. The number of nitrogens with zero attached hydrogens (tertiary/aromatic N) is 3. The van der Waals surface area contributed by atoms with Crippen molar-refractivity contribution in [3.8, 4) is 5.75 Å². The molecule has 0 fully saturated rings. The van der Waals surface area contributed by atoms with Crippen molar-refractivity contribution >= 4 is 11.7 Å². The molecule has 3 aromatic rings. The summed E-state index contributed by atoms with van der Waals surface area (Å²) in [6, 6.07) is 9.54. The van der Waals surface area contributed by atoms with Crippen LogP contribution in [0.2, 0.25) is 0 Å². The van der Waals surface area contributed by atoms with Crippen molar-refractivity contribution in [1.29, 1.82) is 0 Å². The Morgan fingerprint density at radius 1 is 1.26 bits per heavy atom. The number of nitrogens with one attached hydrogen (secondary N) is 2. The number of hydrogen-bond acceptors (Lipinski definition) is 5. The molecular weight excluding hydrogens is 411 g/mol. The lowest BCUT2D eigenvalue weighted by Gasteiger charge is -2.34. The topological polar surface area (TPSA) is 81.1 Å². The van der Waals surface area contributed by atoms with Crippen molar-refractivity contribution < 1.29 is 22.7 Å². The zero-order valence-corrected chi connectivity index (χ0v) is 16.6. The standard InChI is InChI=1S/C21H20F3N5O2/c1-31-17-8-3-2-7-14(17)16-10-18(21(22,23)24)29-19(28-16)15(12-27-29)20(30)26-11-13-6-4-5-9-25-13/h2-9,12,16,18,28H,10-11H2,1H3,(H,26,30)/t16-,18+/m0/s1. The maximum Gasteiger partial charge on any atom is 0.410 e. The lowest BCUT2D eigenvalue weighted by atomic mass is 9.95. The molecule has 1 aromatic carbocycles. The summed E-state index contributed by atoms with van der Waals surface area (Å²) in [4.78, 5) is 16.9. The summed E-state index contributed by atoms with van der Waals surface area (Å²) in [6.45, 7) is 0.142. The summed E-state index contributed by atoms with van der Waals surface area (Å²) in [6.07, 6.45) is -2.07. The molecule has 0 bridgehead atoms. The molecule has 2 atom stereocenters. The van der Waals surface area contributed by atoms with Crippen LogP contribution in [0.5, 0.6) is 5.75 Å². The van der Waals surface area contributed by atoms with Gasteiger partial charge in [0.1, 0.15) is 17.1 Å². The number of para-hydroxylation sites is 1. The SMILES string of the molecule is COc1ccccc1[C@@H]1C[C@H](C(F)(F)F)n2ncc(C(=O)NCc3ccccn3)c2N1. The van der Waals surface area contributed by atoms with Gasteiger partial charge >= 0.3 is 6.18 Å². The molecule has 0 unspecified atom stereocenters. The molecule has 0 spiro atoms. The first-order valence-corrected chi connectivity index (χ1v) is 9.60. The highest BCUT2D eigenvalue weighted by atomic mass is 19.4. The van der Waals surface area contributed by atoms with Gasteiger partial charge in [0.2, 0.25) is 0 Å². The van der Waals surface area contributed by atoms with E-state index in [0.717, 1.165) is 10.9 Å². The molecule has 31 heavy (non-hydrogen) atoms. The highest BCUT2D eigenvalue weighted by molar-refractivity contribution is 5.98. The van der Waals surface area contributed by atoms with Crippen LogP contribution < -0.4 is 15.4 Å². The predicted octanol–water partition coefficient (Wildman–Crippen LogP) is 3.88. The van der Waals surface area contributed by atoms with Gasteiger partial charge in [0.05, 0.1) is 31.6 Å².